The van der Waals surface area contributed by atoms with Crippen molar-refractivity contribution in [1.82, 2.24) is 14.5 Å². The van der Waals surface area contributed by atoms with Crippen molar-refractivity contribution in [3.8, 4) is 11.1 Å². The minimum absolute atomic E-state index is 0.0247. The highest BCUT2D eigenvalue weighted by Gasteiger charge is 2.34. The highest BCUT2D eigenvalue weighted by molar-refractivity contribution is 6.01. The molecule has 0 bridgehead atoms. The normalized spacial score (nSPS) is 14.0. The maximum absolute atomic E-state index is 13.8. The fourth-order valence-corrected chi connectivity index (χ4v) is 6.38. The maximum Gasteiger partial charge on any atom is 0.410 e. The van der Waals surface area contributed by atoms with Crippen LogP contribution in [0.4, 0.5) is 4.79 Å². The Bertz CT molecular complexity index is 1910. The average Bonchev–Trinajstić information content (AvgIpc) is 3.71. The molecular weight excluding hydrogens is 582 g/mol. The van der Waals surface area contributed by atoms with Gasteiger partial charge in [-0.2, -0.15) is 0 Å². The van der Waals surface area contributed by atoms with Gasteiger partial charge in [-0.1, -0.05) is 97.1 Å². The van der Waals surface area contributed by atoms with E-state index < -0.39 is 30.4 Å². The van der Waals surface area contributed by atoms with E-state index in [-0.39, 0.29) is 31.9 Å². The zero-order chi connectivity index (χ0) is 31.6. The van der Waals surface area contributed by atoms with E-state index in [1.165, 1.54) is 4.90 Å². The number of hydrogen-bond acceptors (Lipinski definition) is 6. The van der Waals surface area contributed by atoms with Gasteiger partial charge in [-0.25, -0.2) is 9.59 Å². The Hall–Kier alpha value is -5.70. The van der Waals surface area contributed by atoms with Crippen LogP contribution >= 0.6 is 0 Å². The molecule has 0 unspecified atom stereocenters. The Labute approximate surface area is 265 Å². The van der Waals surface area contributed by atoms with Gasteiger partial charge in [0.1, 0.15) is 13.2 Å². The van der Waals surface area contributed by atoms with Crippen molar-refractivity contribution < 1.29 is 28.8 Å². The predicted molar refractivity (Wildman–Crippen MR) is 170 cm³/mol. The van der Waals surface area contributed by atoms with Crippen LogP contribution in [0.2, 0.25) is 0 Å². The van der Waals surface area contributed by atoms with Crippen LogP contribution < -0.4 is 0 Å². The van der Waals surface area contributed by atoms with Gasteiger partial charge in [0.15, 0.2) is 0 Å². The summed E-state index contributed by atoms with van der Waals surface area (Å²) < 4.78 is 8.03. The van der Waals surface area contributed by atoms with Gasteiger partial charge in [0.05, 0.1) is 6.54 Å². The van der Waals surface area contributed by atoms with Crippen LogP contribution in [0.1, 0.15) is 41.0 Å². The minimum atomic E-state index is -0.912. The van der Waals surface area contributed by atoms with Crippen LogP contribution in [0.5, 0.6) is 0 Å². The van der Waals surface area contributed by atoms with E-state index in [1.54, 1.807) is 0 Å². The van der Waals surface area contributed by atoms with Gasteiger partial charge in [-0.15, -0.1) is 5.06 Å². The minimum Gasteiger partial charge on any atom is -0.448 e. The zero-order valence-corrected chi connectivity index (χ0v) is 25.0. The Morgan fingerprint density at radius 2 is 1.37 bits per heavy atom. The molecule has 9 nitrogen and oxygen atoms in total. The smallest absolute Gasteiger partial charge is 0.410 e. The number of fused-ring (bicyclic) bond motifs is 4. The first-order chi connectivity index (χ1) is 22.5. The zero-order valence-electron chi connectivity index (χ0n) is 25.0. The SMILES string of the molecule is O=C(CN(Cc1cn(Cc2ccccc2)c2ccccc12)C(=O)OCC1c2ccccc2-c2ccccc21)ON1C(=O)CCC1=O. The second-order valence-electron chi connectivity index (χ2n) is 11.5. The monoisotopic (exact) mass is 613 g/mol. The number of carbonyl (C=O) groups is 4. The maximum atomic E-state index is 13.8. The quantitative estimate of drug-likeness (QED) is 0.188. The van der Waals surface area contributed by atoms with Crippen LogP contribution in [0, 0.1) is 0 Å². The lowest BCUT2D eigenvalue weighted by atomic mass is 9.98. The molecule has 1 fully saturated rings. The van der Waals surface area contributed by atoms with Crippen molar-refractivity contribution in [3.05, 3.63) is 132 Å². The molecule has 1 aromatic heterocycles. The van der Waals surface area contributed by atoms with Gasteiger partial charge < -0.3 is 14.1 Å². The Morgan fingerprint density at radius 1 is 0.761 bits per heavy atom. The largest absolute Gasteiger partial charge is 0.448 e. The average molecular weight is 614 g/mol. The number of nitrogens with zero attached hydrogens (tertiary/aromatic N) is 3. The van der Waals surface area contributed by atoms with Crippen LogP contribution in [0.3, 0.4) is 0 Å². The molecule has 0 atom stereocenters. The summed E-state index contributed by atoms with van der Waals surface area (Å²) in [5, 5.41) is 1.41. The van der Waals surface area contributed by atoms with Gasteiger partial charge in [0, 0.05) is 42.4 Å². The molecule has 4 aromatic carbocycles. The Kier molecular flexibility index (Phi) is 7.80. The summed E-state index contributed by atoms with van der Waals surface area (Å²) in [6.07, 6.45) is 1.21. The molecule has 1 aliphatic heterocycles. The van der Waals surface area contributed by atoms with E-state index in [4.69, 9.17) is 9.57 Å². The topological polar surface area (TPSA) is 98.2 Å². The summed E-state index contributed by atoms with van der Waals surface area (Å²) in [6.45, 7) is 0.201. The van der Waals surface area contributed by atoms with Gasteiger partial charge in [-0.05, 0) is 39.4 Å². The number of carbonyl (C=O) groups excluding carboxylic acids is 4. The van der Waals surface area contributed by atoms with Crippen LogP contribution in [0.15, 0.2) is 109 Å². The number of imide groups is 1. The molecule has 9 heteroatoms. The molecule has 2 aliphatic rings. The number of hydrogen-bond donors (Lipinski definition) is 0. The molecule has 3 amide bonds. The number of aromatic nitrogens is 1. The van der Waals surface area contributed by atoms with E-state index in [0.717, 1.165) is 44.3 Å². The number of benzene rings is 4. The van der Waals surface area contributed by atoms with Gasteiger partial charge in [-0.3, -0.25) is 14.5 Å². The molecule has 46 heavy (non-hydrogen) atoms. The first-order valence-corrected chi connectivity index (χ1v) is 15.2. The molecule has 0 saturated carbocycles. The highest BCUT2D eigenvalue weighted by atomic mass is 16.7. The Morgan fingerprint density at radius 3 is 2.07 bits per heavy atom. The van der Waals surface area contributed by atoms with Crippen molar-refractivity contribution in [1.29, 1.82) is 0 Å². The van der Waals surface area contributed by atoms with E-state index >= 15 is 0 Å². The Balaban J connectivity index is 1.15. The molecule has 7 rings (SSSR count). The highest BCUT2D eigenvalue weighted by Crippen LogP contribution is 2.44. The third-order valence-electron chi connectivity index (χ3n) is 8.54. The van der Waals surface area contributed by atoms with Crippen molar-refractivity contribution >= 4 is 34.8 Å². The fraction of sp³-hybridized carbons (Fsp3) is 0.189. The van der Waals surface area contributed by atoms with E-state index in [1.807, 2.05) is 97.2 Å². The summed E-state index contributed by atoms with van der Waals surface area (Å²) in [5.74, 6) is -2.26. The molecule has 1 saturated heterocycles. The van der Waals surface area contributed by atoms with Crippen LogP contribution in [-0.2, 0) is 37.0 Å². The summed E-state index contributed by atoms with van der Waals surface area (Å²) in [4.78, 5) is 57.5. The summed E-state index contributed by atoms with van der Waals surface area (Å²) >= 11 is 0. The molecule has 0 N–H and O–H groups in total. The number of hydroxylamine groups is 2. The van der Waals surface area contributed by atoms with Crippen LogP contribution in [-0.4, -0.2) is 51.6 Å². The molecule has 2 heterocycles. The first-order valence-electron chi connectivity index (χ1n) is 15.2. The lowest BCUT2D eigenvalue weighted by Gasteiger charge is -2.23. The molecule has 1 aliphatic carbocycles. The number of ether oxygens (including phenoxy) is 1. The molecule has 0 spiro atoms. The number of rotatable bonds is 9. The molecule has 230 valence electrons. The standard InChI is InChI=1S/C37H31N3O6/c41-34-18-19-35(42)40(34)46-36(43)23-39(22-26-21-38(20-25-10-2-1-3-11-25)33-17-9-8-12-27(26)33)37(44)45-24-32-30-15-6-4-13-28(30)29-14-5-7-16-31(29)32/h1-17,21,32H,18-20,22-24H2. The van der Waals surface area contributed by atoms with E-state index in [0.29, 0.717) is 11.6 Å². The van der Waals surface area contributed by atoms with Crippen molar-refractivity contribution in [2.75, 3.05) is 13.2 Å². The van der Waals surface area contributed by atoms with Gasteiger partial charge in [0.2, 0.25) is 0 Å². The summed E-state index contributed by atoms with van der Waals surface area (Å²) in [7, 11) is 0. The van der Waals surface area contributed by atoms with Crippen LogP contribution in [0.25, 0.3) is 22.0 Å². The lowest BCUT2D eigenvalue weighted by molar-refractivity contribution is -0.197. The molecule has 5 aromatic rings. The number of amides is 3. The lowest BCUT2D eigenvalue weighted by Crippen LogP contribution is -2.40. The van der Waals surface area contributed by atoms with Crippen molar-refractivity contribution in [2.24, 2.45) is 0 Å². The molecule has 0 radical (unpaired) electrons. The second kappa shape index (κ2) is 12.4. The van der Waals surface area contributed by atoms with Crippen molar-refractivity contribution in [3.63, 3.8) is 0 Å². The summed E-state index contributed by atoms with van der Waals surface area (Å²) in [6, 6.07) is 34.0. The van der Waals surface area contributed by atoms with E-state index in [9.17, 15) is 19.2 Å². The fourth-order valence-electron chi connectivity index (χ4n) is 6.38. The predicted octanol–water partition coefficient (Wildman–Crippen LogP) is 6.05. The first kappa shape index (κ1) is 29.0. The van der Waals surface area contributed by atoms with Gasteiger partial charge in [0.25, 0.3) is 11.8 Å². The van der Waals surface area contributed by atoms with Crippen molar-refractivity contribution in [2.45, 2.75) is 31.8 Å². The number of para-hydroxylation sites is 1. The third-order valence-corrected chi connectivity index (χ3v) is 8.54. The second-order valence-corrected chi connectivity index (χ2v) is 11.5. The summed E-state index contributed by atoms with van der Waals surface area (Å²) in [5.41, 5.74) is 7.24. The molecular formula is C37H31N3O6. The van der Waals surface area contributed by atoms with E-state index in [2.05, 4.69) is 16.7 Å². The third kappa shape index (κ3) is 5.63. The van der Waals surface area contributed by atoms with Gasteiger partial charge >= 0.3 is 12.1 Å².